The van der Waals surface area contributed by atoms with Gasteiger partial charge in [-0.05, 0) is 37.9 Å². The highest BCUT2D eigenvalue weighted by atomic mass is 35.5. The number of hydrogen-bond acceptors (Lipinski definition) is 4. The maximum atomic E-state index is 10.8. The van der Waals surface area contributed by atoms with E-state index in [0.29, 0.717) is 12.1 Å². The van der Waals surface area contributed by atoms with E-state index in [4.69, 9.17) is 11.6 Å². The lowest BCUT2D eigenvalue weighted by Gasteiger charge is -2.33. The van der Waals surface area contributed by atoms with E-state index < -0.39 is 4.92 Å². The molecule has 108 valence electrons. The SMILES string of the molecule is O=[N+]([O-])c1ccc(NC2CCN3CCCCC23)cc1Cl. The second-order valence-corrected chi connectivity index (χ2v) is 5.97. The molecule has 6 heteroatoms. The van der Waals surface area contributed by atoms with Crippen LogP contribution in [0.25, 0.3) is 0 Å². The summed E-state index contributed by atoms with van der Waals surface area (Å²) < 4.78 is 0. The van der Waals surface area contributed by atoms with Gasteiger partial charge in [0.15, 0.2) is 0 Å². The van der Waals surface area contributed by atoms with Gasteiger partial charge < -0.3 is 5.32 Å². The predicted molar refractivity (Wildman–Crippen MR) is 79.3 cm³/mol. The summed E-state index contributed by atoms with van der Waals surface area (Å²) in [6.07, 6.45) is 4.95. The van der Waals surface area contributed by atoms with E-state index >= 15 is 0 Å². The molecule has 20 heavy (non-hydrogen) atoms. The third-order valence-electron chi connectivity index (χ3n) is 4.35. The van der Waals surface area contributed by atoms with Crippen molar-refractivity contribution in [3.8, 4) is 0 Å². The molecule has 1 N–H and O–H groups in total. The van der Waals surface area contributed by atoms with E-state index in [-0.39, 0.29) is 10.7 Å². The molecule has 2 aliphatic rings. The highest BCUT2D eigenvalue weighted by molar-refractivity contribution is 6.32. The lowest BCUT2D eigenvalue weighted by Crippen LogP contribution is -2.41. The van der Waals surface area contributed by atoms with E-state index in [2.05, 4.69) is 10.2 Å². The molecule has 0 bridgehead atoms. The van der Waals surface area contributed by atoms with Crippen LogP contribution in [0, 0.1) is 10.1 Å². The van der Waals surface area contributed by atoms with Crippen molar-refractivity contribution in [2.45, 2.75) is 37.8 Å². The number of nitro benzene ring substituents is 1. The van der Waals surface area contributed by atoms with Crippen LogP contribution < -0.4 is 5.32 Å². The average molecular weight is 296 g/mol. The molecule has 0 amide bonds. The van der Waals surface area contributed by atoms with Crippen molar-refractivity contribution in [3.63, 3.8) is 0 Å². The molecule has 0 aromatic heterocycles. The number of hydrogen-bond donors (Lipinski definition) is 1. The van der Waals surface area contributed by atoms with E-state index in [0.717, 1.165) is 18.7 Å². The molecule has 1 aromatic carbocycles. The molecular weight excluding hydrogens is 278 g/mol. The van der Waals surface area contributed by atoms with E-state index in [9.17, 15) is 10.1 Å². The largest absolute Gasteiger partial charge is 0.381 e. The van der Waals surface area contributed by atoms with E-state index in [1.165, 1.54) is 31.9 Å². The first-order valence-corrected chi connectivity index (χ1v) is 7.47. The zero-order valence-electron chi connectivity index (χ0n) is 11.2. The van der Waals surface area contributed by atoms with Crippen LogP contribution in [0.2, 0.25) is 5.02 Å². The first-order chi connectivity index (χ1) is 9.65. The van der Waals surface area contributed by atoms with Gasteiger partial charge >= 0.3 is 0 Å². The standard InChI is InChI=1S/C14H18ClN3O2/c15-11-9-10(4-5-13(11)18(19)20)16-12-6-8-17-7-2-1-3-14(12)17/h4-5,9,12,14,16H,1-3,6-8H2. The monoisotopic (exact) mass is 295 g/mol. The molecular formula is C14H18ClN3O2. The molecule has 0 spiro atoms. The molecule has 2 unspecified atom stereocenters. The summed E-state index contributed by atoms with van der Waals surface area (Å²) in [5, 5.41) is 14.5. The maximum absolute atomic E-state index is 10.8. The van der Waals surface area contributed by atoms with Crippen molar-refractivity contribution < 1.29 is 4.92 Å². The van der Waals surface area contributed by atoms with Gasteiger partial charge in [-0.15, -0.1) is 0 Å². The molecule has 0 radical (unpaired) electrons. The Kier molecular flexibility index (Phi) is 3.81. The molecule has 1 aromatic rings. The summed E-state index contributed by atoms with van der Waals surface area (Å²) in [7, 11) is 0. The first-order valence-electron chi connectivity index (χ1n) is 7.09. The molecule has 0 saturated carbocycles. The Morgan fingerprint density at radius 2 is 2.15 bits per heavy atom. The Morgan fingerprint density at radius 1 is 1.30 bits per heavy atom. The molecule has 5 nitrogen and oxygen atoms in total. The van der Waals surface area contributed by atoms with Crippen molar-refractivity contribution in [1.82, 2.24) is 4.90 Å². The van der Waals surface area contributed by atoms with Gasteiger partial charge in [-0.3, -0.25) is 15.0 Å². The van der Waals surface area contributed by atoms with Crippen molar-refractivity contribution >= 4 is 23.0 Å². The Hall–Kier alpha value is -1.33. The summed E-state index contributed by atoms with van der Waals surface area (Å²) in [6.45, 7) is 2.34. The van der Waals surface area contributed by atoms with Crippen LogP contribution in [-0.4, -0.2) is 35.0 Å². The number of fused-ring (bicyclic) bond motifs is 1. The average Bonchev–Trinajstić information content (AvgIpc) is 2.82. The number of halogens is 1. The summed E-state index contributed by atoms with van der Waals surface area (Å²) >= 11 is 5.96. The zero-order chi connectivity index (χ0) is 14.1. The van der Waals surface area contributed by atoms with Crippen molar-refractivity contribution in [3.05, 3.63) is 33.3 Å². The van der Waals surface area contributed by atoms with Crippen molar-refractivity contribution in [2.75, 3.05) is 18.4 Å². The fraction of sp³-hybridized carbons (Fsp3) is 0.571. The van der Waals surface area contributed by atoms with Gasteiger partial charge in [-0.25, -0.2) is 0 Å². The van der Waals surface area contributed by atoms with Crippen LogP contribution in [-0.2, 0) is 0 Å². The molecule has 2 aliphatic heterocycles. The lowest BCUT2D eigenvalue weighted by atomic mass is 9.99. The molecule has 3 rings (SSSR count). The number of anilines is 1. The number of benzene rings is 1. The Balaban J connectivity index is 1.72. The maximum Gasteiger partial charge on any atom is 0.288 e. The lowest BCUT2D eigenvalue weighted by molar-refractivity contribution is -0.384. The molecule has 2 atom stereocenters. The van der Waals surface area contributed by atoms with Gasteiger partial charge in [0.1, 0.15) is 5.02 Å². The van der Waals surface area contributed by atoms with Gasteiger partial charge in [-0.2, -0.15) is 0 Å². The number of nitrogens with zero attached hydrogens (tertiary/aromatic N) is 2. The fourth-order valence-electron chi connectivity index (χ4n) is 3.37. The van der Waals surface area contributed by atoms with Gasteiger partial charge in [-0.1, -0.05) is 18.0 Å². The third-order valence-corrected chi connectivity index (χ3v) is 4.66. The highest BCUT2D eigenvalue weighted by Crippen LogP contribution is 2.32. The van der Waals surface area contributed by atoms with Crippen LogP contribution in [0.5, 0.6) is 0 Å². The number of nitrogens with one attached hydrogen (secondary N) is 1. The zero-order valence-corrected chi connectivity index (χ0v) is 12.0. The Bertz CT molecular complexity index is 523. The van der Waals surface area contributed by atoms with Crippen LogP contribution in [0.3, 0.4) is 0 Å². The van der Waals surface area contributed by atoms with Crippen LogP contribution in [0.1, 0.15) is 25.7 Å². The fourth-order valence-corrected chi connectivity index (χ4v) is 3.62. The number of piperidine rings is 1. The van der Waals surface area contributed by atoms with Crippen LogP contribution >= 0.6 is 11.6 Å². The second-order valence-electron chi connectivity index (χ2n) is 5.56. The summed E-state index contributed by atoms with van der Waals surface area (Å²) in [6, 6.07) is 5.89. The van der Waals surface area contributed by atoms with E-state index in [1.807, 2.05) is 0 Å². The summed E-state index contributed by atoms with van der Waals surface area (Å²) in [4.78, 5) is 12.9. The smallest absolute Gasteiger partial charge is 0.288 e. The van der Waals surface area contributed by atoms with E-state index in [1.54, 1.807) is 12.1 Å². The van der Waals surface area contributed by atoms with Gasteiger partial charge in [0.25, 0.3) is 5.69 Å². The number of nitro groups is 1. The minimum Gasteiger partial charge on any atom is -0.381 e. The van der Waals surface area contributed by atoms with Gasteiger partial charge in [0, 0.05) is 30.4 Å². The minimum absolute atomic E-state index is 0.0390. The topological polar surface area (TPSA) is 58.4 Å². The second kappa shape index (κ2) is 5.58. The predicted octanol–water partition coefficient (Wildman–Crippen LogP) is 3.29. The van der Waals surface area contributed by atoms with Gasteiger partial charge in [0.05, 0.1) is 4.92 Å². The highest BCUT2D eigenvalue weighted by Gasteiger charge is 2.35. The van der Waals surface area contributed by atoms with Gasteiger partial charge in [0.2, 0.25) is 0 Å². The van der Waals surface area contributed by atoms with Crippen molar-refractivity contribution in [1.29, 1.82) is 0 Å². The summed E-state index contributed by atoms with van der Waals surface area (Å²) in [5.41, 5.74) is 0.834. The Morgan fingerprint density at radius 3 is 2.90 bits per heavy atom. The third kappa shape index (κ3) is 2.60. The summed E-state index contributed by atoms with van der Waals surface area (Å²) in [5.74, 6) is 0. The molecule has 2 heterocycles. The molecule has 2 saturated heterocycles. The van der Waals surface area contributed by atoms with Crippen molar-refractivity contribution in [2.24, 2.45) is 0 Å². The Labute approximate surface area is 123 Å². The first kappa shape index (κ1) is 13.6. The quantitative estimate of drug-likeness (QED) is 0.687. The minimum atomic E-state index is -0.454. The molecule has 2 fully saturated rings. The van der Waals surface area contributed by atoms with Crippen LogP contribution in [0.4, 0.5) is 11.4 Å². The number of rotatable bonds is 3. The molecule has 0 aliphatic carbocycles. The van der Waals surface area contributed by atoms with Crippen LogP contribution in [0.15, 0.2) is 18.2 Å². The normalized spacial score (nSPS) is 26.2.